The van der Waals surface area contributed by atoms with Crippen molar-refractivity contribution in [1.82, 2.24) is 68.0 Å². The number of carbonyl (C=O) groups excluding carboxylic acids is 12. The maximum atomic E-state index is 14.9. The molecule has 31 heteroatoms. The second kappa shape index (κ2) is 41.3. The molecule has 5 aromatic rings. The third kappa shape index (κ3) is 26.7. The molecule has 16 N–H and O–H groups in total. The maximum Gasteiger partial charge on any atom is 0.312 e. The number of carbonyl (C=O) groups is 12. The molecule has 1 aromatic heterocycles. The third-order valence-corrected chi connectivity index (χ3v) is 18.3. The molecular formula is C74H98ClN15O15. The van der Waals surface area contributed by atoms with Gasteiger partial charge in [0.05, 0.1) is 19.8 Å². The van der Waals surface area contributed by atoms with Crippen LogP contribution in [0.2, 0.25) is 5.02 Å². The van der Waals surface area contributed by atoms with Crippen LogP contribution in [0, 0.1) is 5.92 Å². The Morgan fingerprint density at radius 2 is 1.08 bits per heavy atom. The summed E-state index contributed by atoms with van der Waals surface area (Å²) in [5, 5.41) is 50.0. The minimum Gasteiger partial charge on any atom is -0.508 e. The van der Waals surface area contributed by atoms with Gasteiger partial charge in [0, 0.05) is 76.2 Å². The van der Waals surface area contributed by atoms with Crippen LogP contribution in [0.5, 0.6) is 5.75 Å². The Morgan fingerprint density at radius 3 is 1.66 bits per heavy atom. The van der Waals surface area contributed by atoms with Crippen LogP contribution in [0.1, 0.15) is 101 Å². The van der Waals surface area contributed by atoms with E-state index < -0.39 is 138 Å². The highest BCUT2D eigenvalue weighted by molar-refractivity contribution is 6.30. The van der Waals surface area contributed by atoms with Crippen molar-refractivity contribution in [3.63, 3.8) is 0 Å². The lowest BCUT2D eigenvalue weighted by atomic mass is 9.99. The van der Waals surface area contributed by atoms with Gasteiger partial charge in [-0.3, -0.25) is 62.6 Å². The number of phenolic OH excluding ortho intramolecular Hbond substituents is 1. The number of unbranched alkanes of at least 4 members (excludes halogenated alkanes) is 1. The zero-order valence-electron chi connectivity index (χ0n) is 59.5. The lowest BCUT2D eigenvalue weighted by molar-refractivity contribution is -0.142. The molecule has 4 aromatic carbocycles. The van der Waals surface area contributed by atoms with Crippen LogP contribution in [0.4, 0.5) is 4.79 Å². The minimum absolute atomic E-state index is 0.0218. The van der Waals surface area contributed by atoms with E-state index in [1.54, 1.807) is 50.2 Å². The van der Waals surface area contributed by atoms with Crippen molar-refractivity contribution in [2.45, 2.75) is 165 Å². The molecule has 2 aliphatic rings. The molecule has 7 rings (SSSR count). The van der Waals surface area contributed by atoms with Crippen molar-refractivity contribution in [3.8, 4) is 5.75 Å². The standard InChI is InChI=1S/C74H98ClN15O15/c1-44(2)36-57(66(96)83-56(15-7-8-30-89-32-34-105-35-33-89)73(103)90-31-11-17-63(90)72(102)80-45(3)64(76)94)84-65(95)55(16-10-29-79-74(77)104)82-68(98)59(39-48-21-26-54(93)27-22-48)87-71(101)62(43-91)88-70(100)61(41-50-12-9-28-78-42-50)86-69(99)60(38-47-19-24-53(75)25-20-47)85-67(97)58(81-46(4)92)40-49-18-23-51-13-5-6-14-52(51)37-49/h5-6,9,12-14,18-28,37,42,44-45,55-63,91,93H,7-8,10-11,15-17,29-36,38-41,43H2,1-4H3,(H2,76,94)(H,80,102)(H,81,92)(H,82,98)(H,83,96)(H,84,95)(H,85,97)(H,86,99)(H,87,101)(H,88,100)(H3,77,79,104)/t45-,55-,56+,57+,58-,59+,60-,61-,62+,63+/m1/s1. The number of nitrogens with one attached hydrogen (secondary N) is 10. The molecule has 30 nitrogen and oxygen atoms in total. The van der Waals surface area contributed by atoms with Gasteiger partial charge in [0.2, 0.25) is 65.0 Å². The van der Waals surface area contributed by atoms with Crippen LogP contribution in [0.25, 0.3) is 10.8 Å². The number of phenols is 1. The number of ether oxygens (including phenoxy) is 1. The quantitative estimate of drug-likeness (QED) is 0.0241. The average molecular weight is 1470 g/mol. The molecule has 0 spiro atoms. The molecule has 3 heterocycles. The lowest BCUT2D eigenvalue weighted by Crippen LogP contribution is -2.61. The summed E-state index contributed by atoms with van der Waals surface area (Å²) in [5.41, 5.74) is 12.9. The molecule has 105 heavy (non-hydrogen) atoms. The van der Waals surface area contributed by atoms with Gasteiger partial charge in [-0.1, -0.05) is 98.2 Å². The van der Waals surface area contributed by atoms with Crippen molar-refractivity contribution in [2.75, 3.05) is 52.5 Å². The van der Waals surface area contributed by atoms with Crippen molar-refractivity contribution in [1.29, 1.82) is 0 Å². The molecule has 10 atom stereocenters. The smallest absolute Gasteiger partial charge is 0.312 e. The Labute approximate surface area is 614 Å². The zero-order chi connectivity index (χ0) is 76.1. The summed E-state index contributed by atoms with van der Waals surface area (Å²) >= 11 is 6.24. The Hall–Kier alpha value is -10.3. The normalized spacial score (nSPS) is 16.3. The zero-order valence-corrected chi connectivity index (χ0v) is 60.3. The van der Waals surface area contributed by atoms with Crippen LogP contribution in [0.3, 0.4) is 0 Å². The third-order valence-electron chi connectivity index (χ3n) is 18.1. The maximum absolute atomic E-state index is 14.9. The van der Waals surface area contributed by atoms with Gasteiger partial charge in [-0.2, -0.15) is 0 Å². The monoisotopic (exact) mass is 1470 g/mol. The Morgan fingerprint density at radius 1 is 0.562 bits per heavy atom. The Balaban J connectivity index is 1.12. The van der Waals surface area contributed by atoms with E-state index in [0.29, 0.717) is 66.3 Å². The molecule has 0 bridgehead atoms. The molecular weight excluding hydrogens is 1370 g/mol. The predicted octanol–water partition coefficient (Wildman–Crippen LogP) is 0.733. The predicted molar refractivity (Wildman–Crippen MR) is 390 cm³/mol. The number of benzene rings is 4. The molecule has 0 aliphatic carbocycles. The first-order valence-electron chi connectivity index (χ1n) is 35.4. The molecule has 2 aliphatic heterocycles. The van der Waals surface area contributed by atoms with Crippen molar-refractivity contribution < 1.29 is 72.5 Å². The SMILES string of the molecule is CC(=O)N[C@H](Cc1ccc2ccccc2c1)C(=O)N[C@H](Cc1ccc(Cl)cc1)C(=O)N[C@H](Cc1cccnc1)C(=O)N[C@@H](CO)C(=O)N[C@@H](Cc1ccc(O)cc1)C(=O)N[C@H](CCCNC(N)=O)C(=O)N[C@@H](CC(C)C)C(=O)N[C@@H](CCCCN1CCOCC1)C(=O)N1CCC[C@H]1C(=O)N[C@H](C)C(N)=O. The topological polar surface area (TPSA) is 446 Å². The Bertz CT molecular complexity index is 3790. The van der Waals surface area contributed by atoms with E-state index in [9.17, 15) is 67.7 Å². The number of morpholine rings is 1. The van der Waals surface area contributed by atoms with Crippen LogP contribution < -0.4 is 64.6 Å². The number of urea groups is 1. The van der Waals surface area contributed by atoms with Crippen LogP contribution in [-0.4, -0.2) is 209 Å². The number of primary amides is 2. The number of aliphatic hydroxyl groups is 1. The largest absolute Gasteiger partial charge is 0.508 e. The highest BCUT2D eigenvalue weighted by Gasteiger charge is 2.40. The van der Waals surface area contributed by atoms with E-state index >= 15 is 0 Å². The van der Waals surface area contributed by atoms with Crippen molar-refractivity contribution in [2.24, 2.45) is 17.4 Å². The second-order valence-corrected chi connectivity index (χ2v) is 27.3. The number of aromatic hydroxyl groups is 1. The highest BCUT2D eigenvalue weighted by Crippen LogP contribution is 2.23. The Kier molecular flexibility index (Phi) is 32.2. The number of likely N-dealkylation sites (tertiary alicyclic amines) is 1. The van der Waals surface area contributed by atoms with E-state index in [-0.39, 0.29) is 82.5 Å². The number of rotatable bonds is 39. The number of halogens is 1. The molecule has 0 saturated carbocycles. The summed E-state index contributed by atoms with van der Waals surface area (Å²) in [7, 11) is 0. The minimum atomic E-state index is -1.84. The number of nitrogens with two attached hydrogens (primary N) is 2. The number of aliphatic hydroxyl groups excluding tert-OH is 1. The van der Waals surface area contributed by atoms with Crippen molar-refractivity contribution in [3.05, 3.63) is 143 Å². The number of aromatic nitrogens is 1. The van der Waals surface area contributed by atoms with Crippen LogP contribution in [-0.2, 0) is 83.2 Å². The molecule has 2 saturated heterocycles. The van der Waals surface area contributed by atoms with Gasteiger partial charge in [-0.15, -0.1) is 0 Å². The molecule has 0 radical (unpaired) electrons. The lowest BCUT2D eigenvalue weighted by Gasteiger charge is -2.31. The van der Waals surface area contributed by atoms with Crippen LogP contribution >= 0.6 is 11.6 Å². The van der Waals surface area contributed by atoms with Gasteiger partial charge in [-0.25, -0.2) is 4.79 Å². The van der Waals surface area contributed by atoms with E-state index in [2.05, 4.69) is 63.1 Å². The molecule has 0 unspecified atom stereocenters. The highest BCUT2D eigenvalue weighted by atomic mass is 35.5. The van der Waals surface area contributed by atoms with Gasteiger partial charge in [0.15, 0.2) is 0 Å². The van der Waals surface area contributed by atoms with Gasteiger partial charge >= 0.3 is 6.03 Å². The first-order chi connectivity index (χ1) is 50.2. The summed E-state index contributed by atoms with van der Waals surface area (Å²) in [4.78, 5) is 176. The van der Waals surface area contributed by atoms with E-state index in [1.807, 2.05) is 42.5 Å². The average Bonchev–Trinajstić information content (AvgIpc) is 1.66. The van der Waals surface area contributed by atoms with Gasteiger partial charge in [0.1, 0.15) is 66.2 Å². The number of nitrogens with zero attached hydrogens (tertiary/aromatic N) is 3. The summed E-state index contributed by atoms with van der Waals surface area (Å²) in [6, 6.07) is 14.0. The number of hydrogen-bond donors (Lipinski definition) is 14. The van der Waals surface area contributed by atoms with Gasteiger partial charge < -0.3 is 84.5 Å². The fraction of sp³-hybridized carbons (Fsp3) is 0.473. The number of pyridine rings is 1. The second-order valence-electron chi connectivity index (χ2n) is 26.9. The number of hydrogen-bond acceptors (Lipinski definition) is 17. The molecule has 566 valence electrons. The summed E-state index contributed by atoms with van der Waals surface area (Å²) in [6.45, 7) is 8.60. The summed E-state index contributed by atoms with van der Waals surface area (Å²) < 4.78 is 5.50. The first-order valence-corrected chi connectivity index (χ1v) is 35.7. The van der Waals surface area contributed by atoms with Crippen LogP contribution in [0.15, 0.2) is 116 Å². The van der Waals surface area contributed by atoms with E-state index in [0.717, 1.165) is 23.9 Å². The van der Waals surface area contributed by atoms with E-state index in [4.69, 9.17) is 27.8 Å². The molecule has 2 fully saturated rings. The molecule has 13 amide bonds. The van der Waals surface area contributed by atoms with E-state index in [1.165, 1.54) is 55.4 Å². The summed E-state index contributed by atoms with van der Waals surface area (Å²) in [5.74, 6) is -9.19. The first kappa shape index (κ1) is 82.0. The fourth-order valence-corrected chi connectivity index (χ4v) is 12.5. The number of fused-ring (bicyclic) bond motifs is 1. The van der Waals surface area contributed by atoms with Crippen molar-refractivity contribution >= 4 is 93.4 Å². The number of amides is 13. The fourth-order valence-electron chi connectivity index (χ4n) is 12.4. The van der Waals surface area contributed by atoms with Gasteiger partial charge in [-0.05, 0) is 134 Å². The van der Waals surface area contributed by atoms with Gasteiger partial charge in [0.25, 0.3) is 0 Å². The summed E-state index contributed by atoms with van der Waals surface area (Å²) in [6.07, 6.45) is 4.08.